The minimum Gasteiger partial charge on any atom is -0.339 e. The number of hydrogen-bond acceptors (Lipinski definition) is 3. The number of aryl methyl sites for hydroxylation is 2. The number of aromatic nitrogens is 2. The zero-order chi connectivity index (χ0) is 14.1. The summed E-state index contributed by atoms with van der Waals surface area (Å²) in [5, 5.41) is 3.75. The van der Waals surface area contributed by atoms with E-state index in [-0.39, 0.29) is 0 Å². The Bertz CT molecular complexity index is 441. The summed E-state index contributed by atoms with van der Waals surface area (Å²) < 4.78 is 2.22. The summed E-state index contributed by atoms with van der Waals surface area (Å²) in [7, 11) is 2.14. The number of rotatable bonds is 5. The van der Waals surface area contributed by atoms with Crippen molar-refractivity contribution in [3.63, 3.8) is 0 Å². The maximum atomic E-state index is 4.86. The standard InChI is InChI=1S/C16H28N4/c1-4-8-20(16-18-12(5-2)11-19(16)3)15-9-13-6-7-14(10-15)17-13/h11,13-15,17H,4-10H2,1-3H3. The number of nitrogens with one attached hydrogen (secondary N) is 1. The van der Waals surface area contributed by atoms with Gasteiger partial charge in [0.15, 0.2) is 0 Å². The second-order valence-corrected chi connectivity index (χ2v) is 6.45. The Morgan fingerprint density at radius 1 is 1.30 bits per heavy atom. The molecule has 0 saturated carbocycles. The third-order valence-electron chi connectivity index (χ3n) is 4.87. The van der Waals surface area contributed by atoms with Gasteiger partial charge in [0.25, 0.3) is 0 Å². The van der Waals surface area contributed by atoms with Gasteiger partial charge in [-0.15, -0.1) is 0 Å². The molecule has 0 aromatic carbocycles. The molecule has 0 radical (unpaired) electrons. The van der Waals surface area contributed by atoms with Gasteiger partial charge in [-0.25, -0.2) is 4.98 Å². The van der Waals surface area contributed by atoms with E-state index in [4.69, 9.17) is 4.98 Å². The molecule has 2 atom stereocenters. The van der Waals surface area contributed by atoms with Crippen molar-refractivity contribution in [2.75, 3.05) is 11.4 Å². The van der Waals surface area contributed by atoms with Crippen LogP contribution >= 0.6 is 0 Å². The van der Waals surface area contributed by atoms with Crippen molar-refractivity contribution < 1.29 is 0 Å². The molecule has 4 heteroatoms. The minimum absolute atomic E-state index is 0.666. The first-order chi connectivity index (χ1) is 9.71. The van der Waals surface area contributed by atoms with Gasteiger partial charge < -0.3 is 14.8 Å². The molecule has 3 rings (SSSR count). The minimum atomic E-state index is 0.666. The van der Waals surface area contributed by atoms with Gasteiger partial charge in [0.05, 0.1) is 5.69 Å². The maximum Gasteiger partial charge on any atom is 0.205 e. The number of imidazole rings is 1. The topological polar surface area (TPSA) is 33.1 Å². The van der Waals surface area contributed by atoms with E-state index in [1.807, 2.05) is 0 Å². The van der Waals surface area contributed by atoms with Crippen LogP contribution in [0.3, 0.4) is 0 Å². The number of hydrogen-bond donors (Lipinski definition) is 1. The summed E-state index contributed by atoms with van der Waals surface area (Å²) in [6.07, 6.45) is 9.69. The lowest BCUT2D eigenvalue weighted by Crippen LogP contribution is -2.49. The van der Waals surface area contributed by atoms with E-state index >= 15 is 0 Å². The molecule has 20 heavy (non-hydrogen) atoms. The highest BCUT2D eigenvalue weighted by molar-refractivity contribution is 5.36. The first-order valence-electron chi connectivity index (χ1n) is 8.26. The summed E-state index contributed by atoms with van der Waals surface area (Å²) in [5.41, 5.74) is 1.21. The van der Waals surface area contributed by atoms with E-state index in [0.717, 1.165) is 25.0 Å². The maximum absolute atomic E-state index is 4.86. The highest BCUT2D eigenvalue weighted by Gasteiger charge is 2.36. The van der Waals surface area contributed by atoms with Crippen molar-refractivity contribution in [3.8, 4) is 0 Å². The normalized spacial score (nSPS) is 28.9. The molecule has 1 N–H and O–H groups in total. The van der Waals surface area contributed by atoms with Crippen LogP contribution in [0.5, 0.6) is 0 Å². The van der Waals surface area contributed by atoms with Gasteiger partial charge in [-0.05, 0) is 38.5 Å². The molecule has 4 nitrogen and oxygen atoms in total. The van der Waals surface area contributed by atoms with Gasteiger partial charge in [0, 0.05) is 37.9 Å². The highest BCUT2D eigenvalue weighted by Crippen LogP contribution is 2.32. The van der Waals surface area contributed by atoms with E-state index in [0.29, 0.717) is 6.04 Å². The average Bonchev–Trinajstić information content (AvgIpc) is 2.98. The monoisotopic (exact) mass is 276 g/mol. The van der Waals surface area contributed by atoms with Gasteiger partial charge in [-0.3, -0.25) is 0 Å². The molecule has 2 aliphatic rings. The summed E-state index contributed by atoms with van der Waals surface area (Å²) in [4.78, 5) is 7.44. The lowest BCUT2D eigenvalue weighted by Gasteiger charge is -2.38. The van der Waals surface area contributed by atoms with E-state index in [9.17, 15) is 0 Å². The van der Waals surface area contributed by atoms with Gasteiger partial charge in [-0.1, -0.05) is 13.8 Å². The fourth-order valence-electron chi connectivity index (χ4n) is 3.92. The van der Waals surface area contributed by atoms with Crippen molar-refractivity contribution in [2.24, 2.45) is 7.05 Å². The molecule has 0 spiro atoms. The average molecular weight is 276 g/mol. The Labute approximate surface area is 122 Å². The van der Waals surface area contributed by atoms with Crippen molar-refractivity contribution in [1.82, 2.24) is 14.9 Å². The van der Waals surface area contributed by atoms with Crippen LogP contribution in [0.25, 0.3) is 0 Å². The lowest BCUT2D eigenvalue weighted by molar-refractivity contribution is 0.343. The van der Waals surface area contributed by atoms with Crippen LogP contribution in [0.4, 0.5) is 5.95 Å². The number of anilines is 1. The molecule has 1 aromatic rings. The van der Waals surface area contributed by atoms with Crippen molar-refractivity contribution >= 4 is 5.95 Å². The molecule has 0 amide bonds. The van der Waals surface area contributed by atoms with Crippen molar-refractivity contribution in [3.05, 3.63) is 11.9 Å². The Balaban J connectivity index is 1.82. The number of nitrogens with zero attached hydrogens (tertiary/aromatic N) is 3. The van der Waals surface area contributed by atoms with Gasteiger partial charge >= 0.3 is 0 Å². The summed E-state index contributed by atoms with van der Waals surface area (Å²) >= 11 is 0. The Morgan fingerprint density at radius 3 is 2.55 bits per heavy atom. The molecular weight excluding hydrogens is 248 g/mol. The van der Waals surface area contributed by atoms with Crippen molar-refractivity contribution in [2.45, 2.75) is 70.5 Å². The smallest absolute Gasteiger partial charge is 0.205 e. The van der Waals surface area contributed by atoms with Crippen LogP contribution in [0, 0.1) is 0 Å². The van der Waals surface area contributed by atoms with E-state index in [1.165, 1.54) is 43.7 Å². The second-order valence-electron chi connectivity index (χ2n) is 6.45. The largest absolute Gasteiger partial charge is 0.339 e. The molecule has 3 heterocycles. The Hall–Kier alpha value is -1.03. The Morgan fingerprint density at radius 2 is 2.00 bits per heavy atom. The summed E-state index contributed by atoms with van der Waals surface area (Å²) in [6, 6.07) is 2.15. The summed E-state index contributed by atoms with van der Waals surface area (Å²) in [5.74, 6) is 1.18. The van der Waals surface area contributed by atoms with E-state index < -0.39 is 0 Å². The zero-order valence-electron chi connectivity index (χ0n) is 13.1. The fraction of sp³-hybridized carbons (Fsp3) is 0.812. The van der Waals surface area contributed by atoms with Crippen LogP contribution in [0.2, 0.25) is 0 Å². The van der Waals surface area contributed by atoms with E-state index in [1.54, 1.807) is 0 Å². The van der Waals surface area contributed by atoms with Gasteiger partial charge in [0.2, 0.25) is 5.95 Å². The predicted molar refractivity (Wildman–Crippen MR) is 83.2 cm³/mol. The fourth-order valence-corrected chi connectivity index (χ4v) is 3.92. The molecule has 2 fully saturated rings. The quantitative estimate of drug-likeness (QED) is 0.897. The third kappa shape index (κ3) is 2.58. The SMILES string of the molecule is CCCN(c1nc(CC)cn1C)C1CC2CCC(C1)N2. The molecule has 2 bridgehead atoms. The number of piperidine rings is 1. The molecule has 0 aliphatic carbocycles. The third-order valence-corrected chi connectivity index (χ3v) is 4.87. The van der Waals surface area contributed by atoms with Gasteiger partial charge in [0.1, 0.15) is 0 Å². The first-order valence-corrected chi connectivity index (χ1v) is 8.26. The molecule has 2 unspecified atom stereocenters. The van der Waals surface area contributed by atoms with Crippen LogP contribution in [-0.4, -0.2) is 34.2 Å². The van der Waals surface area contributed by atoms with Crippen LogP contribution in [0.1, 0.15) is 51.6 Å². The Kier molecular flexibility index (Phi) is 4.01. The van der Waals surface area contributed by atoms with Crippen LogP contribution in [-0.2, 0) is 13.5 Å². The highest BCUT2D eigenvalue weighted by atomic mass is 15.3. The summed E-state index contributed by atoms with van der Waals surface area (Å²) in [6.45, 7) is 5.57. The van der Waals surface area contributed by atoms with Crippen molar-refractivity contribution in [1.29, 1.82) is 0 Å². The van der Waals surface area contributed by atoms with Gasteiger partial charge in [-0.2, -0.15) is 0 Å². The van der Waals surface area contributed by atoms with E-state index in [2.05, 4.69) is 41.9 Å². The molecule has 2 aliphatic heterocycles. The zero-order valence-corrected chi connectivity index (χ0v) is 13.1. The van der Waals surface area contributed by atoms with Crippen LogP contribution < -0.4 is 10.2 Å². The molecule has 2 saturated heterocycles. The lowest BCUT2D eigenvalue weighted by atomic mass is 9.98. The molecule has 112 valence electrons. The second kappa shape index (κ2) is 5.76. The molecule has 1 aromatic heterocycles. The molecular formula is C16H28N4. The predicted octanol–water partition coefficient (Wildman–Crippen LogP) is 2.48. The number of fused-ring (bicyclic) bond motifs is 2. The van der Waals surface area contributed by atoms with Crippen LogP contribution in [0.15, 0.2) is 6.20 Å². The first kappa shape index (κ1) is 13.9.